The summed E-state index contributed by atoms with van der Waals surface area (Å²) in [6.07, 6.45) is 1.98. The maximum Gasteiger partial charge on any atom is 0.308 e. The molecule has 2 aromatic carbocycles. The molecule has 33 heavy (non-hydrogen) atoms. The minimum Gasteiger partial charge on any atom is -0.427 e. The highest BCUT2D eigenvalue weighted by Gasteiger charge is 2.29. The summed E-state index contributed by atoms with van der Waals surface area (Å²) in [4.78, 5) is 50.7. The number of amides is 3. The van der Waals surface area contributed by atoms with Gasteiger partial charge in [0.05, 0.1) is 6.54 Å². The lowest BCUT2D eigenvalue weighted by Crippen LogP contribution is -2.49. The Morgan fingerprint density at radius 3 is 2.58 bits per heavy atom. The van der Waals surface area contributed by atoms with E-state index in [1.807, 2.05) is 6.07 Å². The predicted molar refractivity (Wildman–Crippen MR) is 122 cm³/mol. The highest BCUT2D eigenvalue weighted by atomic mass is 16.5. The Balaban J connectivity index is 1.60. The molecule has 0 radical (unpaired) electrons. The number of nitrogens with one attached hydrogen (secondary N) is 2. The Morgan fingerprint density at radius 2 is 1.88 bits per heavy atom. The van der Waals surface area contributed by atoms with E-state index in [0.717, 1.165) is 18.4 Å². The van der Waals surface area contributed by atoms with E-state index in [0.29, 0.717) is 36.5 Å². The number of likely N-dealkylation sites (tertiary alicyclic amines) is 1. The maximum atomic E-state index is 13.0. The van der Waals surface area contributed by atoms with Gasteiger partial charge in [-0.05, 0) is 61.2 Å². The number of rotatable bonds is 7. The molecule has 1 aliphatic rings. The maximum absolute atomic E-state index is 13.0. The second-order valence-electron chi connectivity index (χ2n) is 7.85. The average Bonchev–Trinajstić information content (AvgIpc) is 2.95. The monoisotopic (exact) mass is 452 g/mol. The summed E-state index contributed by atoms with van der Waals surface area (Å²) in [7, 11) is 0. The van der Waals surface area contributed by atoms with E-state index < -0.39 is 17.9 Å². The van der Waals surface area contributed by atoms with Crippen molar-refractivity contribution in [3.8, 4) is 5.75 Å². The third kappa shape index (κ3) is 6.88. The van der Waals surface area contributed by atoms with Gasteiger partial charge in [-0.15, -0.1) is 0 Å². The summed E-state index contributed by atoms with van der Waals surface area (Å²) < 4.78 is 4.96. The zero-order chi connectivity index (χ0) is 23.8. The fraction of sp³-hybridized carbons (Fsp3) is 0.333. The van der Waals surface area contributed by atoms with Crippen LogP contribution in [-0.4, -0.2) is 47.7 Å². The van der Waals surface area contributed by atoms with E-state index in [1.165, 1.54) is 36.1 Å². The third-order valence-electron chi connectivity index (χ3n) is 5.24. The van der Waals surface area contributed by atoms with Gasteiger partial charge in [0.25, 0.3) is 5.91 Å². The first-order valence-corrected chi connectivity index (χ1v) is 10.8. The van der Waals surface area contributed by atoms with Crippen LogP contribution in [0, 0.1) is 0 Å². The molecule has 1 aliphatic heterocycles. The van der Waals surface area contributed by atoms with Gasteiger partial charge in [0.15, 0.2) is 0 Å². The van der Waals surface area contributed by atoms with Gasteiger partial charge in [0.2, 0.25) is 11.8 Å². The fourth-order valence-electron chi connectivity index (χ4n) is 3.63. The van der Waals surface area contributed by atoms with Gasteiger partial charge in [-0.2, -0.15) is 0 Å². The van der Waals surface area contributed by atoms with Gasteiger partial charge in [-0.25, -0.2) is 0 Å². The number of hydrogen-bond donors (Lipinski definition) is 3. The number of benzene rings is 2. The van der Waals surface area contributed by atoms with Gasteiger partial charge in [-0.1, -0.05) is 12.1 Å². The molecule has 3 amide bonds. The van der Waals surface area contributed by atoms with Crippen LogP contribution in [0.3, 0.4) is 0 Å². The Bertz CT molecular complexity index is 1020. The lowest BCUT2D eigenvalue weighted by molar-refractivity contribution is -0.135. The summed E-state index contributed by atoms with van der Waals surface area (Å²) >= 11 is 0. The van der Waals surface area contributed by atoms with E-state index in [9.17, 15) is 19.2 Å². The molecule has 0 bridgehead atoms. The van der Waals surface area contributed by atoms with Crippen molar-refractivity contribution in [2.75, 3.05) is 18.4 Å². The molecule has 0 aliphatic carbocycles. The lowest BCUT2D eigenvalue weighted by atomic mass is 10.1. The third-order valence-corrected chi connectivity index (χ3v) is 5.24. The number of nitrogens with two attached hydrogens (primary N) is 1. The molecule has 4 N–H and O–H groups in total. The van der Waals surface area contributed by atoms with Gasteiger partial charge in [-0.3, -0.25) is 19.2 Å². The van der Waals surface area contributed by atoms with Gasteiger partial charge >= 0.3 is 5.97 Å². The molecule has 0 saturated carbocycles. The summed E-state index contributed by atoms with van der Waals surface area (Å²) in [5.41, 5.74) is 7.49. The van der Waals surface area contributed by atoms with Crippen LogP contribution in [0.5, 0.6) is 5.75 Å². The van der Waals surface area contributed by atoms with Crippen LogP contribution in [0.4, 0.5) is 5.69 Å². The first-order valence-electron chi connectivity index (χ1n) is 10.8. The molecule has 2 aromatic rings. The molecule has 9 nitrogen and oxygen atoms in total. The molecule has 1 atom stereocenters. The number of nitrogens with zero attached hydrogens (tertiary/aromatic N) is 1. The molecule has 3 rings (SSSR count). The van der Waals surface area contributed by atoms with Crippen LogP contribution >= 0.6 is 0 Å². The quantitative estimate of drug-likeness (QED) is 0.434. The minimum atomic E-state index is -0.721. The van der Waals surface area contributed by atoms with Crippen molar-refractivity contribution in [1.29, 1.82) is 0 Å². The van der Waals surface area contributed by atoms with E-state index in [1.54, 1.807) is 18.2 Å². The molecule has 0 spiro atoms. The zero-order valence-corrected chi connectivity index (χ0v) is 18.5. The van der Waals surface area contributed by atoms with Crippen molar-refractivity contribution in [3.05, 3.63) is 59.7 Å². The first-order chi connectivity index (χ1) is 15.9. The minimum absolute atomic E-state index is 0.102. The zero-order valence-electron chi connectivity index (χ0n) is 18.5. The second kappa shape index (κ2) is 11.2. The number of esters is 1. The van der Waals surface area contributed by atoms with E-state index in [4.69, 9.17) is 10.5 Å². The second-order valence-corrected chi connectivity index (χ2v) is 7.85. The molecule has 1 heterocycles. The van der Waals surface area contributed by atoms with E-state index in [2.05, 4.69) is 10.6 Å². The fourth-order valence-corrected chi connectivity index (χ4v) is 3.63. The molecule has 0 aromatic heterocycles. The molecular formula is C24H28N4O5. The highest BCUT2D eigenvalue weighted by Crippen LogP contribution is 2.16. The first kappa shape index (κ1) is 23.9. The largest absolute Gasteiger partial charge is 0.427 e. The van der Waals surface area contributed by atoms with Crippen molar-refractivity contribution in [3.63, 3.8) is 0 Å². The van der Waals surface area contributed by atoms with Crippen LogP contribution in [0.15, 0.2) is 48.5 Å². The summed E-state index contributed by atoms with van der Waals surface area (Å²) in [6.45, 7) is 2.00. The molecule has 174 valence electrons. The molecular weight excluding hydrogens is 424 g/mol. The lowest BCUT2D eigenvalue weighted by Gasteiger charge is -2.24. The summed E-state index contributed by atoms with van der Waals surface area (Å²) in [5.74, 6) is -1.13. The van der Waals surface area contributed by atoms with Crippen molar-refractivity contribution >= 4 is 29.4 Å². The molecule has 9 heteroatoms. The number of carbonyl (C=O) groups excluding carboxylic acids is 4. The van der Waals surface area contributed by atoms with Crippen LogP contribution in [0.1, 0.15) is 42.1 Å². The van der Waals surface area contributed by atoms with Gasteiger partial charge in [0.1, 0.15) is 11.8 Å². The molecule has 1 fully saturated rings. The number of hydrogen-bond acceptors (Lipinski definition) is 6. The predicted octanol–water partition coefficient (Wildman–Crippen LogP) is 1.82. The Kier molecular flexibility index (Phi) is 8.15. The van der Waals surface area contributed by atoms with Gasteiger partial charge in [0, 0.05) is 31.3 Å². The van der Waals surface area contributed by atoms with Crippen molar-refractivity contribution in [1.82, 2.24) is 10.2 Å². The number of ether oxygens (including phenoxy) is 1. The van der Waals surface area contributed by atoms with Crippen molar-refractivity contribution < 1.29 is 23.9 Å². The summed E-state index contributed by atoms with van der Waals surface area (Å²) in [6, 6.07) is 12.6. The number of carbonyl (C=O) groups is 4. The highest BCUT2D eigenvalue weighted by molar-refractivity contribution is 5.99. The average molecular weight is 453 g/mol. The van der Waals surface area contributed by atoms with Gasteiger partial charge < -0.3 is 26.0 Å². The van der Waals surface area contributed by atoms with Crippen LogP contribution in [0.25, 0.3) is 0 Å². The number of anilines is 1. The standard InChI is InChI=1S/C24H28N4O5/c1-16(29)33-20-10-8-18(9-11-20)23(31)27-21-7-2-3-12-28(24(21)32)15-22(30)26-19-6-4-5-17(13-19)14-25/h4-6,8-11,13,21H,2-3,7,12,14-15,25H2,1H3,(H,26,30)(H,27,31). The summed E-state index contributed by atoms with van der Waals surface area (Å²) in [5, 5.41) is 5.56. The Morgan fingerprint density at radius 1 is 1.12 bits per heavy atom. The smallest absolute Gasteiger partial charge is 0.308 e. The topological polar surface area (TPSA) is 131 Å². The van der Waals surface area contributed by atoms with E-state index >= 15 is 0 Å². The van der Waals surface area contributed by atoms with Crippen LogP contribution < -0.4 is 21.1 Å². The van der Waals surface area contributed by atoms with Crippen molar-refractivity contribution in [2.45, 2.75) is 38.8 Å². The normalized spacial score (nSPS) is 16.0. The van der Waals surface area contributed by atoms with Crippen molar-refractivity contribution in [2.24, 2.45) is 5.73 Å². The molecule has 1 saturated heterocycles. The van der Waals surface area contributed by atoms with Crippen LogP contribution in [0.2, 0.25) is 0 Å². The van der Waals surface area contributed by atoms with E-state index in [-0.39, 0.29) is 18.4 Å². The Hall–Kier alpha value is -3.72. The van der Waals surface area contributed by atoms with Crippen LogP contribution in [-0.2, 0) is 20.9 Å². The SMILES string of the molecule is CC(=O)Oc1ccc(C(=O)NC2CCCCN(CC(=O)Nc3cccc(CN)c3)C2=O)cc1. The molecule has 1 unspecified atom stereocenters. The Labute approximate surface area is 192 Å².